The smallest absolute Gasteiger partial charge is 0.341 e. The largest absolute Gasteiger partial charge is 0.481 e. The van der Waals surface area contributed by atoms with Crippen LogP contribution in [0.4, 0.5) is 5.69 Å². The Balaban J connectivity index is 1.88. The van der Waals surface area contributed by atoms with Crippen molar-refractivity contribution in [1.82, 2.24) is 0 Å². The molecule has 0 saturated heterocycles. The van der Waals surface area contributed by atoms with Crippen LogP contribution in [0.15, 0.2) is 36.4 Å². The summed E-state index contributed by atoms with van der Waals surface area (Å²) in [4.78, 5) is 23.0. The fraction of sp³-hybridized carbons (Fsp3) is 0.333. The van der Waals surface area contributed by atoms with Crippen LogP contribution in [0.5, 0.6) is 5.75 Å². The second kappa shape index (κ2) is 6.69. The molecule has 1 aliphatic rings. The minimum atomic E-state index is -1.02. The lowest BCUT2D eigenvalue weighted by molar-refractivity contribution is -0.139. The molecule has 0 radical (unpaired) electrons. The molecule has 5 nitrogen and oxygen atoms in total. The number of hydrogen-bond donors (Lipinski definition) is 2. The van der Waals surface area contributed by atoms with Crippen LogP contribution in [0.2, 0.25) is 0 Å². The fourth-order valence-electron chi connectivity index (χ4n) is 3.07. The Morgan fingerprint density at radius 1 is 1.09 bits per heavy atom. The van der Waals surface area contributed by atoms with Gasteiger partial charge in [0.25, 0.3) is 0 Å². The van der Waals surface area contributed by atoms with Crippen LogP contribution in [0, 0.1) is 5.92 Å². The number of carboxylic acids is 1. The molecule has 3 rings (SSSR count). The summed E-state index contributed by atoms with van der Waals surface area (Å²) in [6, 6.07) is 11.0. The van der Waals surface area contributed by atoms with E-state index in [4.69, 9.17) is 9.84 Å². The summed E-state index contributed by atoms with van der Waals surface area (Å²) in [7, 11) is 0. The molecule has 0 unspecified atom stereocenters. The molecule has 2 aromatic rings. The van der Waals surface area contributed by atoms with Crippen LogP contribution in [0.25, 0.3) is 10.8 Å². The van der Waals surface area contributed by atoms with E-state index < -0.39 is 12.6 Å². The van der Waals surface area contributed by atoms with Crippen LogP contribution in [-0.4, -0.2) is 23.6 Å². The average Bonchev–Trinajstić information content (AvgIpc) is 3.08. The monoisotopic (exact) mass is 313 g/mol. The number of ether oxygens (including phenoxy) is 1. The van der Waals surface area contributed by atoms with Gasteiger partial charge in [-0.15, -0.1) is 0 Å². The molecular weight excluding hydrogens is 294 g/mol. The maximum Gasteiger partial charge on any atom is 0.341 e. The molecule has 0 aliphatic heterocycles. The van der Waals surface area contributed by atoms with Gasteiger partial charge >= 0.3 is 5.97 Å². The standard InChI is InChI=1S/C18H19NO4/c20-17(21)11-23-16-10-9-15(13-7-3-4-8-14(13)16)19-18(22)12-5-1-2-6-12/h3-4,7-10,12H,1-2,5-6,11H2,(H,19,22)(H,20,21). The Hall–Kier alpha value is -2.56. The maximum absolute atomic E-state index is 12.3. The molecule has 1 aliphatic carbocycles. The number of rotatable bonds is 5. The van der Waals surface area contributed by atoms with Gasteiger partial charge in [-0.3, -0.25) is 4.79 Å². The summed E-state index contributed by atoms with van der Waals surface area (Å²) in [5.41, 5.74) is 0.736. The van der Waals surface area contributed by atoms with Crippen LogP contribution in [0.3, 0.4) is 0 Å². The maximum atomic E-state index is 12.3. The fourth-order valence-corrected chi connectivity index (χ4v) is 3.07. The lowest BCUT2D eigenvalue weighted by atomic mass is 10.1. The minimum absolute atomic E-state index is 0.0619. The third kappa shape index (κ3) is 3.44. The molecule has 1 amide bonds. The van der Waals surface area contributed by atoms with E-state index in [0.29, 0.717) is 5.75 Å². The predicted molar refractivity (Wildman–Crippen MR) is 87.7 cm³/mol. The van der Waals surface area contributed by atoms with E-state index in [1.807, 2.05) is 24.3 Å². The Morgan fingerprint density at radius 2 is 1.78 bits per heavy atom. The molecule has 0 aromatic heterocycles. The first-order valence-corrected chi connectivity index (χ1v) is 7.82. The molecule has 1 saturated carbocycles. The third-order valence-electron chi connectivity index (χ3n) is 4.22. The highest BCUT2D eigenvalue weighted by Crippen LogP contribution is 2.33. The van der Waals surface area contributed by atoms with E-state index in [9.17, 15) is 9.59 Å². The van der Waals surface area contributed by atoms with Gasteiger partial charge in [-0.25, -0.2) is 4.79 Å². The van der Waals surface area contributed by atoms with Crippen molar-refractivity contribution in [3.05, 3.63) is 36.4 Å². The zero-order valence-corrected chi connectivity index (χ0v) is 12.7. The van der Waals surface area contributed by atoms with E-state index >= 15 is 0 Å². The van der Waals surface area contributed by atoms with Crippen molar-refractivity contribution >= 4 is 28.3 Å². The first-order valence-electron chi connectivity index (χ1n) is 7.82. The van der Waals surface area contributed by atoms with E-state index in [2.05, 4.69) is 5.32 Å². The normalized spacial score (nSPS) is 14.8. The first-order chi connectivity index (χ1) is 11.1. The zero-order valence-electron chi connectivity index (χ0n) is 12.7. The quantitative estimate of drug-likeness (QED) is 0.886. The van der Waals surface area contributed by atoms with Gasteiger partial charge in [0, 0.05) is 22.4 Å². The number of aliphatic carboxylic acids is 1. The van der Waals surface area contributed by atoms with Crippen molar-refractivity contribution in [1.29, 1.82) is 0 Å². The SMILES string of the molecule is O=C(O)COc1ccc(NC(=O)C2CCCC2)c2ccccc12. The summed E-state index contributed by atoms with van der Waals surface area (Å²) in [5, 5.41) is 13.4. The van der Waals surface area contributed by atoms with Crippen molar-refractivity contribution < 1.29 is 19.4 Å². The highest BCUT2D eigenvalue weighted by molar-refractivity contribution is 6.04. The minimum Gasteiger partial charge on any atom is -0.481 e. The number of fused-ring (bicyclic) bond motifs is 1. The predicted octanol–water partition coefficient (Wildman–Crippen LogP) is 3.43. The molecule has 5 heteroatoms. The highest BCUT2D eigenvalue weighted by atomic mass is 16.5. The number of carbonyl (C=O) groups excluding carboxylic acids is 1. The van der Waals surface area contributed by atoms with Gasteiger partial charge in [0.15, 0.2) is 6.61 Å². The average molecular weight is 313 g/mol. The van der Waals surface area contributed by atoms with Gasteiger partial charge in [-0.1, -0.05) is 37.1 Å². The zero-order chi connectivity index (χ0) is 16.2. The van der Waals surface area contributed by atoms with Gasteiger partial charge < -0.3 is 15.2 Å². The number of carbonyl (C=O) groups is 2. The molecule has 2 aromatic carbocycles. The number of benzene rings is 2. The molecule has 1 fully saturated rings. The third-order valence-corrected chi connectivity index (χ3v) is 4.22. The van der Waals surface area contributed by atoms with Gasteiger partial charge in [0.1, 0.15) is 5.75 Å². The molecule has 0 bridgehead atoms. The first kappa shape index (κ1) is 15.3. The number of carboxylic acid groups (broad SMARTS) is 1. The molecule has 0 spiro atoms. The topological polar surface area (TPSA) is 75.6 Å². The van der Waals surface area contributed by atoms with Crippen LogP contribution >= 0.6 is 0 Å². The summed E-state index contributed by atoms with van der Waals surface area (Å²) < 4.78 is 5.33. The second-order valence-corrected chi connectivity index (χ2v) is 5.81. The van der Waals surface area contributed by atoms with Crippen LogP contribution in [-0.2, 0) is 9.59 Å². The summed E-state index contributed by atoms with van der Waals surface area (Å²) in [6.07, 6.45) is 4.12. The van der Waals surface area contributed by atoms with E-state index in [1.54, 1.807) is 12.1 Å². The van der Waals surface area contributed by atoms with Crippen molar-refractivity contribution in [3.8, 4) is 5.75 Å². The molecular formula is C18H19NO4. The van der Waals surface area contributed by atoms with Gasteiger partial charge in [-0.05, 0) is 25.0 Å². The van der Waals surface area contributed by atoms with E-state index in [0.717, 1.165) is 42.1 Å². The molecule has 23 heavy (non-hydrogen) atoms. The lowest BCUT2D eigenvalue weighted by Crippen LogP contribution is -2.20. The van der Waals surface area contributed by atoms with Gasteiger partial charge in [-0.2, -0.15) is 0 Å². The van der Waals surface area contributed by atoms with Crippen molar-refractivity contribution in [2.75, 3.05) is 11.9 Å². The van der Waals surface area contributed by atoms with Crippen LogP contribution < -0.4 is 10.1 Å². The molecule has 0 atom stereocenters. The van der Waals surface area contributed by atoms with Crippen LogP contribution in [0.1, 0.15) is 25.7 Å². The Bertz CT molecular complexity index is 735. The number of anilines is 1. The summed E-state index contributed by atoms with van der Waals surface area (Å²) in [6.45, 7) is -0.391. The van der Waals surface area contributed by atoms with E-state index in [1.165, 1.54) is 0 Å². The number of nitrogens with one attached hydrogen (secondary N) is 1. The van der Waals surface area contributed by atoms with E-state index in [-0.39, 0.29) is 11.8 Å². The number of amides is 1. The summed E-state index contributed by atoms with van der Waals surface area (Å²) >= 11 is 0. The number of hydrogen-bond acceptors (Lipinski definition) is 3. The van der Waals surface area contributed by atoms with Crippen molar-refractivity contribution in [3.63, 3.8) is 0 Å². The molecule has 2 N–H and O–H groups in total. The Kier molecular flexibility index (Phi) is 4.46. The van der Waals surface area contributed by atoms with Gasteiger partial charge in [0.05, 0.1) is 0 Å². The van der Waals surface area contributed by atoms with Crippen molar-refractivity contribution in [2.24, 2.45) is 5.92 Å². The Labute approximate surface area is 134 Å². The molecule has 0 heterocycles. The Morgan fingerprint density at radius 3 is 2.48 bits per heavy atom. The van der Waals surface area contributed by atoms with Crippen molar-refractivity contribution in [2.45, 2.75) is 25.7 Å². The van der Waals surface area contributed by atoms with Gasteiger partial charge in [0.2, 0.25) is 5.91 Å². The summed E-state index contributed by atoms with van der Waals surface area (Å²) in [5.74, 6) is -0.363. The molecule has 120 valence electrons. The lowest BCUT2D eigenvalue weighted by Gasteiger charge is -2.14. The highest BCUT2D eigenvalue weighted by Gasteiger charge is 2.23. The second-order valence-electron chi connectivity index (χ2n) is 5.81.